The molecule has 1 N–H and O–H groups in total. The highest BCUT2D eigenvalue weighted by Crippen LogP contribution is 2.22. The Morgan fingerprint density at radius 3 is 2.39 bits per heavy atom. The van der Waals surface area contributed by atoms with Crippen LogP contribution >= 0.6 is 11.3 Å². The van der Waals surface area contributed by atoms with Crippen molar-refractivity contribution in [3.63, 3.8) is 0 Å². The summed E-state index contributed by atoms with van der Waals surface area (Å²) in [5.74, 6) is 1.61. The number of methoxy groups -OCH3 is 2. The van der Waals surface area contributed by atoms with Gasteiger partial charge in [-0.1, -0.05) is 0 Å². The van der Waals surface area contributed by atoms with Crippen LogP contribution in [0.5, 0.6) is 11.5 Å². The summed E-state index contributed by atoms with van der Waals surface area (Å²) >= 11 is 1.65. The van der Waals surface area contributed by atoms with Gasteiger partial charge in [-0.15, -0.1) is 11.3 Å². The number of benzene rings is 1. The molecule has 18 heavy (non-hydrogen) atoms. The minimum Gasteiger partial charge on any atom is -0.497 e. The second-order valence-electron chi connectivity index (χ2n) is 3.75. The third-order valence-corrected chi connectivity index (χ3v) is 3.28. The molecule has 4 nitrogen and oxygen atoms in total. The zero-order valence-corrected chi connectivity index (χ0v) is 11.3. The molecule has 0 bridgehead atoms. The van der Waals surface area contributed by atoms with E-state index in [0.29, 0.717) is 0 Å². The second kappa shape index (κ2) is 6.37. The molecule has 0 aliphatic heterocycles. The molecule has 0 unspecified atom stereocenters. The highest BCUT2D eigenvalue weighted by Gasteiger charge is 2.02. The molecule has 5 heteroatoms. The van der Waals surface area contributed by atoms with Gasteiger partial charge >= 0.3 is 0 Å². The highest BCUT2D eigenvalue weighted by atomic mass is 32.1. The van der Waals surface area contributed by atoms with Crippen LogP contribution in [0.25, 0.3) is 0 Å². The van der Waals surface area contributed by atoms with Crippen molar-refractivity contribution in [3.8, 4) is 11.5 Å². The molecule has 0 saturated heterocycles. The Hall–Kier alpha value is -1.59. The molecule has 1 aromatic carbocycles. The lowest BCUT2D eigenvalue weighted by Crippen LogP contribution is -2.12. The standard InChI is InChI=1S/C13H16N2O2S/c1-16-11-5-10(6-12(7-11)17-2)8-14-9-13-15-3-4-18-13/h3-7,14H,8-9H2,1-2H3. The molecule has 0 amide bonds. The van der Waals surface area contributed by atoms with Crippen LogP contribution in [0.15, 0.2) is 29.8 Å². The SMILES string of the molecule is COc1cc(CNCc2nccs2)cc(OC)c1. The number of nitrogens with one attached hydrogen (secondary N) is 1. The van der Waals surface area contributed by atoms with Gasteiger partial charge in [-0.05, 0) is 17.7 Å². The summed E-state index contributed by atoms with van der Waals surface area (Å²) in [7, 11) is 3.31. The first kappa shape index (κ1) is 12.9. The molecular weight excluding hydrogens is 248 g/mol. The fourth-order valence-corrected chi connectivity index (χ4v) is 2.21. The first-order valence-electron chi connectivity index (χ1n) is 5.63. The summed E-state index contributed by atoms with van der Waals surface area (Å²) in [6, 6.07) is 5.86. The molecule has 2 aromatic rings. The van der Waals surface area contributed by atoms with Crippen molar-refractivity contribution < 1.29 is 9.47 Å². The van der Waals surface area contributed by atoms with Gasteiger partial charge in [-0.2, -0.15) is 0 Å². The van der Waals surface area contributed by atoms with Gasteiger partial charge in [0.05, 0.1) is 14.2 Å². The van der Waals surface area contributed by atoms with Gasteiger partial charge < -0.3 is 14.8 Å². The lowest BCUT2D eigenvalue weighted by atomic mass is 10.2. The van der Waals surface area contributed by atoms with Crippen molar-refractivity contribution in [1.82, 2.24) is 10.3 Å². The second-order valence-corrected chi connectivity index (χ2v) is 4.73. The normalized spacial score (nSPS) is 10.3. The van der Waals surface area contributed by atoms with Crippen LogP contribution in [0.1, 0.15) is 10.6 Å². The zero-order chi connectivity index (χ0) is 12.8. The smallest absolute Gasteiger partial charge is 0.122 e. The van der Waals surface area contributed by atoms with Gasteiger partial charge in [0, 0.05) is 30.7 Å². The average molecular weight is 264 g/mol. The van der Waals surface area contributed by atoms with Crippen molar-refractivity contribution in [2.24, 2.45) is 0 Å². The van der Waals surface area contributed by atoms with Gasteiger partial charge in [0.15, 0.2) is 0 Å². The summed E-state index contributed by atoms with van der Waals surface area (Å²) in [4.78, 5) is 4.22. The van der Waals surface area contributed by atoms with E-state index in [1.165, 1.54) is 0 Å². The van der Waals surface area contributed by atoms with Crippen LogP contribution < -0.4 is 14.8 Å². The lowest BCUT2D eigenvalue weighted by Gasteiger charge is -2.08. The Morgan fingerprint density at radius 2 is 1.83 bits per heavy atom. The van der Waals surface area contributed by atoms with E-state index in [0.717, 1.165) is 35.2 Å². The molecule has 0 atom stereocenters. The fraction of sp³-hybridized carbons (Fsp3) is 0.308. The topological polar surface area (TPSA) is 43.4 Å². The number of aromatic nitrogens is 1. The van der Waals surface area contributed by atoms with Crippen LogP contribution in [-0.4, -0.2) is 19.2 Å². The predicted molar refractivity (Wildman–Crippen MR) is 72.2 cm³/mol. The van der Waals surface area contributed by atoms with Crippen LogP contribution in [0.3, 0.4) is 0 Å². The minimum atomic E-state index is 0.757. The number of hydrogen-bond acceptors (Lipinski definition) is 5. The van der Waals surface area contributed by atoms with Gasteiger partial charge in [-0.3, -0.25) is 0 Å². The zero-order valence-electron chi connectivity index (χ0n) is 10.5. The van der Waals surface area contributed by atoms with Crippen molar-refractivity contribution in [2.45, 2.75) is 13.1 Å². The van der Waals surface area contributed by atoms with Crippen LogP contribution in [-0.2, 0) is 13.1 Å². The Balaban J connectivity index is 1.95. The summed E-state index contributed by atoms with van der Waals surface area (Å²) in [5.41, 5.74) is 1.13. The Bertz CT molecular complexity index is 463. The van der Waals surface area contributed by atoms with E-state index in [2.05, 4.69) is 10.3 Å². The van der Waals surface area contributed by atoms with E-state index in [1.807, 2.05) is 29.8 Å². The van der Waals surface area contributed by atoms with E-state index in [-0.39, 0.29) is 0 Å². The monoisotopic (exact) mass is 264 g/mol. The number of ether oxygens (including phenoxy) is 2. The maximum atomic E-state index is 5.23. The third kappa shape index (κ3) is 3.45. The van der Waals surface area contributed by atoms with E-state index < -0.39 is 0 Å². The summed E-state index contributed by atoms with van der Waals surface area (Å²) in [5, 5.41) is 6.41. The summed E-state index contributed by atoms with van der Waals surface area (Å²) in [6.07, 6.45) is 1.82. The molecule has 0 aliphatic carbocycles. The number of rotatable bonds is 6. The molecule has 96 valence electrons. The molecule has 0 radical (unpaired) electrons. The minimum absolute atomic E-state index is 0.757. The molecule has 0 saturated carbocycles. The van der Waals surface area contributed by atoms with Crippen molar-refractivity contribution in [3.05, 3.63) is 40.3 Å². The number of nitrogens with zero attached hydrogens (tertiary/aromatic N) is 1. The molecule has 0 spiro atoms. The third-order valence-electron chi connectivity index (χ3n) is 2.50. The van der Waals surface area contributed by atoms with Gasteiger partial charge in [-0.25, -0.2) is 4.98 Å². The van der Waals surface area contributed by atoms with Crippen LogP contribution in [0.4, 0.5) is 0 Å². The van der Waals surface area contributed by atoms with Crippen molar-refractivity contribution in [2.75, 3.05) is 14.2 Å². The molecule has 2 rings (SSSR count). The maximum absolute atomic E-state index is 5.23. The Morgan fingerprint density at radius 1 is 1.11 bits per heavy atom. The largest absolute Gasteiger partial charge is 0.497 e. The molecule has 0 fully saturated rings. The quantitative estimate of drug-likeness (QED) is 0.870. The fourth-order valence-electron chi connectivity index (χ4n) is 1.62. The number of hydrogen-bond donors (Lipinski definition) is 1. The van der Waals surface area contributed by atoms with Crippen LogP contribution in [0.2, 0.25) is 0 Å². The average Bonchev–Trinajstić information content (AvgIpc) is 2.91. The summed E-state index contributed by atoms with van der Waals surface area (Å²) in [6.45, 7) is 1.53. The van der Waals surface area contributed by atoms with Crippen molar-refractivity contribution >= 4 is 11.3 Å². The van der Waals surface area contributed by atoms with Gasteiger partial charge in [0.1, 0.15) is 16.5 Å². The van der Waals surface area contributed by atoms with E-state index in [9.17, 15) is 0 Å². The van der Waals surface area contributed by atoms with E-state index >= 15 is 0 Å². The lowest BCUT2D eigenvalue weighted by molar-refractivity contribution is 0.393. The predicted octanol–water partition coefficient (Wildman–Crippen LogP) is 2.45. The highest BCUT2D eigenvalue weighted by molar-refractivity contribution is 7.09. The Labute approximate surface area is 111 Å². The van der Waals surface area contributed by atoms with Crippen molar-refractivity contribution in [1.29, 1.82) is 0 Å². The Kier molecular flexibility index (Phi) is 4.55. The first-order chi connectivity index (χ1) is 8.81. The van der Waals surface area contributed by atoms with E-state index in [4.69, 9.17) is 9.47 Å². The molecule has 0 aliphatic rings. The van der Waals surface area contributed by atoms with Gasteiger partial charge in [0.2, 0.25) is 0 Å². The maximum Gasteiger partial charge on any atom is 0.122 e. The first-order valence-corrected chi connectivity index (χ1v) is 6.51. The summed E-state index contributed by atoms with van der Waals surface area (Å²) < 4.78 is 10.5. The molecular formula is C13H16N2O2S. The van der Waals surface area contributed by atoms with Gasteiger partial charge in [0.25, 0.3) is 0 Å². The number of thiazole rings is 1. The molecule has 1 aromatic heterocycles. The van der Waals surface area contributed by atoms with Crippen LogP contribution in [0, 0.1) is 0 Å². The molecule has 1 heterocycles. The van der Waals surface area contributed by atoms with E-state index in [1.54, 1.807) is 25.6 Å².